The third kappa shape index (κ3) is 47.1. The van der Waals surface area contributed by atoms with Crippen molar-refractivity contribution in [2.75, 3.05) is 0 Å². The van der Waals surface area contributed by atoms with Crippen LogP contribution in [0.1, 0.15) is 131 Å². The van der Waals surface area contributed by atoms with Gasteiger partial charge in [-0.05, 0) is 96.4 Å². The van der Waals surface area contributed by atoms with E-state index in [9.17, 15) is 0 Å². The van der Waals surface area contributed by atoms with E-state index in [0.29, 0.717) is 12.3 Å². The van der Waals surface area contributed by atoms with Crippen molar-refractivity contribution in [1.82, 2.24) is 21.3 Å². The van der Waals surface area contributed by atoms with Gasteiger partial charge in [0.25, 0.3) is 28.3 Å². The fourth-order valence-corrected chi connectivity index (χ4v) is 4.35. The van der Waals surface area contributed by atoms with Crippen molar-refractivity contribution in [1.29, 1.82) is 0 Å². The van der Waals surface area contributed by atoms with Gasteiger partial charge in [-0.15, -0.1) is 11.6 Å². The van der Waals surface area contributed by atoms with Crippen LogP contribution < -0.4 is 21.3 Å². The molecule has 0 spiro atoms. The minimum atomic E-state index is -0.160. The molecule has 0 rings (SSSR count). The van der Waals surface area contributed by atoms with Crippen LogP contribution >= 0.6 is 0 Å². The topological polar surface area (TPSA) is 48.1 Å². The third-order valence-corrected chi connectivity index (χ3v) is 11.3. The summed E-state index contributed by atoms with van der Waals surface area (Å²) < 4.78 is 0. The van der Waals surface area contributed by atoms with Crippen LogP contribution in [0.5, 0.6) is 0 Å². The normalized spacial score (nSPS) is 12.2. The molecule has 4 N–H and O–H groups in total. The van der Waals surface area contributed by atoms with Crippen LogP contribution in [0.4, 0.5) is 0 Å². The molecule has 0 aliphatic rings. The Morgan fingerprint density at radius 2 is 0.676 bits per heavy atom. The molecule has 37 heavy (non-hydrogen) atoms. The monoisotopic (exact) mass is 559 g/mol. The van der Waals surface area contributed by atoms with Crippen molar-refractivity contribution in [3.8, 4) is 0 Å². The zero-order chi connectivity index (χ0) is 30.7. The predicted molar refractivity (Wildman–Crippen MR) is 180 cm³/mol. The molecule has 0 bridgehead atoms. The summed E-state index contributed by atoms with van der Waals surface area (Å²) in [5.74, 6) is 4.83. The Balaban J connectivity index is -0.000000208. The van der Waals surface area contributed by atoms with E-state index in [2.05, 4.69) is 157 Å². The highest BCUT2D eigenvalue weighted by Gasteiger charge is 2.20. The Kier molecular flexibility index (Phi) is 27.4. The second kappa shape index (κ2) is 22.6. The standard InChI is InChI=1S/C11H26N2.C10H24N2.4C2H5.2CH3.2Al/c1-8-9(12-10(2,3)4)13-11(5,6)7;1-8(11-9(2,3)4)12-10(5,6)7;4*1-2;;;;/h9,12-13H,8H2,1-7H3;8,11-12H,1-7H3;4*1H2,2H3;2*1H3;;. The first kappa shape index (κ1) is 44.9. The minimum absolute atomic E-state index is 0.160. The van der Waals surface area contributed by atoms with E-state index < -0.39 is 0 Å². The van der Waals surface area contributed by atoms with Gasteiger partial charge >= 0.3 is 0 Å². The SMILES string of the molecule is CC(NC(C)(C)C)NC(C)(C)C.CCC(NC(C)(C)C)NC(C)(C)C.C[CH2][Al]([CH3])[CH2]C.C[CH2][Al]([CH3])[CH2]C. The molecule has 0 aromatic rings. The first-order valence-corrected chi connectivity index (χ1v) is 21.0. The number of rotatable bonds is 9. The summed E-state index contributed by atoms with van der Waals surface area (Å²) in [7, 11) is 0. The largest absolute Gasteiger partial charge is 0.297 e. The lowest BCUT2D eigenvalue weighted by Gasteiger charge is -2.33. The van der Waals surface area contributed by atoms with Gasteiger partial charge in [0.1, 0.15) is 0 Å². The highest BCUT2D eigenvalue weighted by molar-refractivity contribution is 6.57. The van der Waals surface area contributed by atoms with Crippen LogP contribution in [0.2, 0.25) is 32.7 Å². The number of hydrogen-bond acceptors (Lipinski definition) is 4. The summed E-state index contributed by atoms with van der Waals surface area (Å²) in [6, 6.07) is 0. The van der Waals surface area contributed by atoms with E-state index >= 15 is 0 Å². The van der Waals surface area contributed by atoms with Crippen LogP contribution in [0.15, 0.2) is 0 Å². The fourth-order valence-electron chi connectivity index (χ4n) is 3.20. The Morgan fingerprint density at radius 1 is 0.459 bits per heavy atom. The van der Waals surface area contributed by atoms with Gasteiger partial charge < -0.3 is 0 Å². The molecule has 0 heterocycles. The summed E-state index contributed by atoms with van der Waals surface area (Å²) >= 11 is -0.321. The molecule has 0 aliphatic heterocycles. The van der Waals surface area contributed by atoms with Crippen molar-refractivity contribution in [2.24, 2.45) is 0 Å². The van der Waals surface area contributed by atoms with Crippen LogP contribution in [-0.4, -0.2) is 62.8 Å². The van der Waals surface area contributed by atoms with E-state index in [1.54, 1.807) is 0 Å². The van der Waals surface area contributed by atoms with E-state index in [-0.39, 0.29) is 50.5 Å². The highest BCUT2D eigenvalue weighted by Crippen LogP contribution is 2.07. The van der Waals surface area contributed by atoms with Gasteiger partial charge in [0.05, 0.1) is 12.3 Å². The van der Waals surface area contributed by atoms with Crippen molar-refractivity contribution in [3.63, 3.8) is 0 Å². The molecule has 0 saturated heterocycles. The zero-order valence-corrected chi connectivity index (χ0v) is 32.2. The molecule has 0 unspecified atom stereocenters. The lowest BCUT2D eigenvalue weighted by Crippen LogP contribution is -2.55. The van der Waals surface area contributed by atoms with E-state index in [4.69, 9.17) is 0 Å². The maximum Gasteiger partial charge on any atom is 0.257 e. The first-order valence-electron chi connectivity index (χ1n) is 15.5. The molecule has 0 radical (unpaired) electrons. The lowest BCUT2D eigenvalue weighted by atomic mass is 10.1. The lowest BCUT2D eigenvalue weighted by molar-refractivity contribution is 0.257. The second-order valence-corrected chi connectivity index (χ2v) is 22.8. The molecule has 0 aliphatic carbocycles. The smallest absolute Gasteiger partial charge is 0.257 e. The fraction of sp³-hybridized carbons (Fsp3) is 1.00. The summed E-state index contributed by atoms with van der Waals surface area (Å²) in [5, 5.41) is 19.9. The Bertz CT molecular complexity index is 435. The summed E-state index contributed by atoms with van der Waals surface area (Å²) in [5.41, 5.74) is 0.715. The minimum Gasteiger partial charge on any atom is -0.297 e. The molecule has 0 fully saturated rings. The number of nitrogens with one attached hydrogen (secondary N) is 4. The molecule has 0 aromatic carbocycles. The van der Waals surface area contributed by atoms with Crippen molar-refractivity contribution >= 4 is 28.3 Å². The van der Waals surface area contributed by atoms with Gasteiger partial charge in [0.15, 0.2) is 0 Å². The van der Waals surface area contributed by atoms with Gasteiger partial charge in [0, 0.05) is 22.2 Å². The van der Waals surface area contributed by atoms with E-state index in [0.717, 1.165) is 6.42 Å². The highest BCUT2D eigenvalue weighted by atomic mass is 27.2. The average molecular weight is 559 g/mol. The molecule has 6 heteroatoms. The van der Waals surface area contributed by atoms with Crippen LogP contribution in [-0.2, 0) is 0 Å². The summed E-state index contributed by atoms with van der Waals surface area (Å²) in [6.07, 6.45) is 1.86. The van der Waals surface area contributed by atoms with Gasteiger partial charge in [-0.2, -0.15) is 0 Å². The van der Waals surface area contributed by atoms with E-state index in [1.165, 1.54) is 21.1 Å². The maximum absolute atomic E-state index is 3.55. The Hall–Kier alpha value is 0.905. The summed E-state index contributed by atoms with van der Waals surface area (Å²) in [6.45, 7) is 39.7. The molecular weight excluding hydrogens is 482 g/mol. The third-order valence-electron chi connectivity index (χ3n) is 5.71. The molecule has 0 aromatic heterocycles. The zero-order valence-electron chi connectivity index (χ0n) is 29.8. The van der Waals surface area contributed by atoms with Crippen molar-refractivity contribution < 1.29 is 0 Å². The van der Waals surface area contributed by atoms with Crippen molar-refractivity contribution in [2.45, 2.75) is 198 Å². The molecular formula is C31H76Al2N4. The molecule has 0 saturated carbocycles. The van der Waals surface area contributed by atoms with Gasteiger partial charge in [-0.3, -0.25) is 21.3 Å². The predicted octanol–water partition coefficient (Wildman–Crippen LogP) is 8.91. The average Bonchev–Trinajstić information content (AvgIpc) is 2.68. The first-order chi connectivity index (χ1) is 16.4. The molecule has 4 nitrogen and oxygen atoms in total. The second-order valence-electron chi connectivity index (χ2n) is 15.1. The Morgan fingerprint density at radius 3 is 0.784 bits per heavy atom. The molecule has 0 atom stereocenters. The van der Waals surface area contributed by atoms with Crippen LogP contribution in [0.25, 0.3) is 0 Å². The maximum atomic E-state index is 3.55. The van der Waals surface area contributed by atoms with Crippen LogP contribution in [0.3, 0.4) is 0 Å². The van der Waals surface area contributed by atoms with Crippen LogP contribution in [0, 0.1) is 0 Å². The Labute approximate surface area is 246 Å². The van der Waals surface area contributed by atoms with Gasteiger partial charge in [-0.1, -0.05) is 55.7 Å². The van der Waals surface area contributed by atoms with Gasteiger partial charge in [-0.25, -0.2) is 0 Å². The molecule has 0 amide bonds. The summed E-state index contributed by atoms with van der Waals surface area (Å²) in [4.78, 5) is 0. The number of hydrogen-bond donors (Lipinski definition) is 4. The molecule has 226 valence electrons. The van der Waals surface area contributed by atoms with Crippen molar-refractivity contribution in [3.05, 3.63) is 0 Å². The van der Waals surface area contributed by atoms with Gasteiger partial charge in [0.2, 0.25) is 0 Å². The van der Waals surface area contributed by atoms with E-state index in [1.807, 2.05) is 0 Å². The quantitative estimate of drug-likeness (QED) is 0.169.